The van der Waals surface area contributed by atoms with Crippen LogP contribution in [0, 0.1) is 11.3 Å². The maximum atomic E-state index is 11.7. The van der Waals surface area contributed by atoms with E-state index in [1.165, 1.54) is 20.0 Å². The first-order valence-corrected chi connectivity index (χ1v) is 5.22. The summed E-state index contributed by atoms with van der Waals surface area (Å²) in [6.45, 7) is 1.41. The van der Waals surface area contributed by atoms with Gasteiger partial charge in [-0.3, -0.25) is 0 Å². The lowest BCUT2D eigenvalue weighted by atomic mass is 10.2. The lowest BCUT2D eigenvalue weighted by Crippen LogP contribution is -2.42. The minimum absolute atomic E-state index is 0.418. The highest BCUT2D eigenvalue weighted by molar-refractivity contribution is 5.92. The fourth-order valence-corrected chi connectivity index (χ4v) is 1.22. The highest BCUT2D eigenvalue weighted by Gasteiger charge is 2.21. The van der Waals surface area contributed by atoms with E-state index in [-0.39, 0.29) is 0 Å². The monoisotopic (exact) mass is 247 g/mol. The number of carboxylic acid groups (broad SMARTS) is 1. The number of hydrogen-bond donors (Lipinski definition) is 2. The molecular formula is C12H13N3O3. The molecule has 0 saturated heterocycles. The summed E-state index contributed by atoms with van der Waals surface area (Å²) in [7, 11) is 1.39. The minimum Gasteiger partial charge on any atom is -0.480 e. The van der Waals surface area contributed by atoms with Gasteiger partial charge in [0.2, 0.25) is 0 Å². The van der Waals surface area contributed by atoms with Gasteiger partial charge >= 0.3 is 12.0 Å². The van der Waals surface area contributed by atoms with Gasteiger partial charge in [0.05, 0.1) is 11.6 Å². The summed E-state index contributed by atoms with van der Waals surface area (Å²) in [5.74, 6) is -1.08. The van der Waals surface area contributed by atoms with Crippen molar-refractivity contribution in [2.45, 2.75) is 13.0 Å². The van der Waals surface area contributed by atoms with Crippen molar-refractivity contribution in [3.05, 3.63) is 29.8 Å². The average Bonchev–Trinajstić information content (AvgIpc) is 2.36. The molecule has 1 aromatic rings. The molecule has 0 heterocycles. The van der Waals surface area contributed by atoms with Crippen molar-refractivity contribution < 1.29 is 14.7 Å². The number of carboxylic acids is 1. The number of nitrogens with one attached hydrogen (secondary N) is 1. The Hall–Kier alpha value is -2.55. The van der Waals surface area contributed by atoms with Crippen LogP contribution in [0.2, 0.25) is 0 Å². The molecule has 0 bridgehead atoms. The molecule has 1 atom stereocenters. The van der Waals surface area contributed by atoms with E-state index in [0.717, 1.165) is 4.90 Å². The lowest BCUT2D eigenvalue weighted by molar-refractivity contribution is -0.141. The lowest BCUT2D eigenvalue weighted by Gasteiger charge is -2.21. The van der Waals surface area contributed by atoms with Gasteiger partial charge in [-0.1, -0.05) is 6.07 Å². The number of rotatable bonds is 3. The van der Waals surface area contributed by atoms with E-state index in [0.29, 0.717) is 11.3 Å². The number of nitriles is 1. The van der Waals surface area contributed by atoms with Gasteiger partial charge in [0.15, 0.2) is 0 Å². The van der Waals surface area contributed by atoms with Gasteiger partial charge in [-0.2, -0.15) is 5.26 Å². The molecule has 1 unspecified atom stereocenters. The number of carbonyl (C=O) groups excluding carboxylic acids is 1. The molecule has 94 valence electrons. The van der Waals surface area contributed by atoms with Crippen molar-refractivity contribution in [1.82, 2.24) is 4.90 Å². The second kappa shape index (κ2) is 5.68. The van der Waals surface area contributed by atoms with E-state index in [1.807, 2.05) is 6.07 Å². The van der Waals surface area contributed by atoms with Gasteiger partial charge in [0.1, 0.15) is 6.04 Å². The first-order chi connectivity index (χ1) is 8.45. The smallest absolute Gasteiger partial charge is 0.326 e. The zero-order chi connectivity index (χ0) is 13.7. The van der Waals surface area contributed by atoms with Crippen molar-refractivity contribution in [2.24, 2.45) is 0 Å². The normalized spacial score (nSPS) is 11.2. The van der Waals surface area contributed by atoms with E-state index < -0.39 is 18.0 Å². The number of amides is 2. The Bertz CT molecular complexity index is 508. The molecule has 18 heavy (non-hydrogen) atoms. The highest BCUT2D eigenvalue weighted by Crippen LogP contribution is 2.11. The maximum absolute atomic E-state index is 11.7. The predicted molar refractivity (Wildman–Crippen MR) is 65.0 cm³/mol. The number of likely N-dealkylation sites (N-methyl/N-ethyl adjacent to an activating group) is 1. The summed E-state index contributed by atoms with van der Waals surface area (Å²) in [6.07, 6.45) is 0. The van der Waals surface area contributed by atoms with Crippen LogP contribution in [0.5, 0.6) is 0 Å². The Kier molecular flexibility index (Phi) is 4.27. The number of carbonyl (C=O) groups is 2. The van der Waals surface area contributed by atoms with Crippen LogP contribution in [0.25, 0.3) is 0 Å². The molecule has 6 heteroatoms. The van der Waals surface area contributed by atoms with Crippen molar-refractivity contribution in [3.8, 4) is 6.07 Å². The van der Waals surface area contributed by atoms with Crippen molar-refractivity contribution in [1.29, 1.82) is 5.26 Å². The molecular weight excluding hydrogens is 234 g/mol. The average molecular weight is 247 g/mol. The van der Waals surface area contributed by atoms with Gasteiger partial charge < -0.3 is 15.3 Å². The van der Waals surface area contributed by atoms with Crippen molar-refractivity contribution in [3.63, 3.8) is 0 Å². The topological polar surface area (TPSA) is 93.4 Å². The zero-order valence-electron chi connectivity index (χ0n) is 10.0. The van der Waals surface area contributed by atoms with E-state index in [2.05, 4.69) is 5.32 Å². The molecule has 1 rings (SSSR count). The van der Waals surface area contributed by atoms with Crippen LogP contribution in [0.3, 0.4) is 0 Å². The number of aliphatic carboxylic acids is 1. The third-order valence-electron chi connectivity index (χ3n) is 2.50. The second-order valence-electron chi connectivity index (χ2n) is 3.75. The first-order valence-electron chi connectivity index (χ1n) is 5.22. The Balaban J connectivity index is 2.75. The SMILES string of the molecule is CC(C(=O)O)N(C)C(=O)Nc1cccc(C#N)c1. The highest BCUT2D eigenvalue weighted by atomic mass is 16.4. The number of urea groups is 1. The van der Waals surface area contributed by atoms with Gasteiger partial charge in [0.25, 0.3) is 0 Å². The number of anilines is 1. The number of hydrogen-bond acceptors (Lipinski definition) is 3. The van der Waals surface area contributed by atoms with Gasteiger partial charge in [0, 0.05) is 12.7 Å². The van der Waals surface area contributed by atoms with Crippen molar-refractivity contribution >= 4 is 17.7 Å². The first kappa shape index (κ1) is 13.5. The summed E-state index contributed by atoms with van der Waals surface area (Å²) in [5, 5.41) is 20.0. The van der Waals surface area contributed by atoms with Crippen molar-refractivity contribution in [2.75, 3.05) is 12.4 Å². The Morgan fingerprint density at radius 3 is 2.72 bits per heavy atom. The molecule has 0 aliphatic rings. The third kappa shape index (κ3) is 3.22. The van der Waals surface area contributed by atoms with Crippen LogP contribution in [0.4, 0.5) is 10.5 Å². The Morgan fingerprint density at radius 1 is 1.50 bits per heavy atom. The molecule has 0 aliphatic carbocycles. The van der Waals surface area contributed by atoms with Gasteiger partial charge in [-0.05, 0) is 25.1 Å². The molecule has 6 nitrogen and oxygen atoms in total. The minimum atomic E-state index is -1.08. The van der Waals surface area contributed by atoms with E-state index in [1.54, 1.807) is 18.2 Å². The second-order valence-corrected chi connectivity index (χ2v) is 3.75. The summed E-state index contributed by atoms with van der Waals surface area (Å²) in [5.41, 5.74) is 0.866. The van der Waals surface area contributed by atoms with Crippen LogP contribution < -0.4 is 5.32 Å². The summed E-state index contributed by atoms with van der Waals surface area (Å²) >= 11 is 0. The van der Waals surface area contributed by atoms with E-state index >= 15 is 0 Å². The molecule has 2 amide bonds. The molecule has 1 aromatic carbocycles. The Labute approximate surface area is 104 Å². The van der Waals surface area contributed by atoms with Crippen LogP contribution in [-0.2, 0) is 4.79 Å². The molecule has 0 aromatic heterocycles. The number of benzene rings is 1. The quantitative estimate of drug-likeness (QED) is 0.846. The summed E-state index contributed by atoms with van der Waals surface area (Å²) in [4.78, 5) is 23.5. The molecule has 0 radical (unpaired) electrons. The maximum Gasteiger partial charge on any atom is 0.326 e. The largest absolute Gasteiger partial charge is 0.480 e. The van der Waals surface area contributed by atoms with Crippen LogP contribution >= 0.6 is 0 Å². The zero-order valence-corrected chi connectivity index (χ0v) is 10.0. The standard InChI is InChI=1S/C12H13N3O3/c1-8(11(16)17)15(2)12(18)14-10-5-3-4-9(6-10)7-13/h3-6,8H,1-2H3,(H,14,18)(H,16,17). The fourth-order valence-electron chi connectivity index (χ4n) is 1.22. The third-order valence-corrected chi connectivity index (χ3v) is 2.50. The van der Waals surface area contributed by atoms with Crippen LogP contribution in [0.1, 0.15) is 12.5 Å². The fraction of sp³-hybridized carbons (Fsp3) is 0.250. The van der Waals surface area contributed by atoms with Gasteiger partial charge in [-0.15, -0.1) is 0 Å². The molecule has 0 aliphatic heterocycles. The van der Waals surface area contributed by atoms with E-state index in [4.69, 9.17) is 10.4 Å². The van der Waals surface area contributed by atoms with Gasteiger partial charge in [-0.25, -0.2) is 9.59 Å². The van der Waals surface area contributed by atoms with Crippen LogP contribution in [-0.4, -0.2) is 35.1 Å². The molecule has 0 saturated carbocycles. The van der Waals surface area contributed by atoms with Crippen LogP contribution in [0.15, 0.2) is 24.3 Å². The molecule has 2 N–H and O–H groups in total. The summed E-state index contributed by atoms with van der Waals surface area (Å²) in [6, 6.07) is 6.86. The molecule has 0 spiro atoms. The number of nitrogens with zero attached hydrogens (tertiary/aromatic N) is 2. The predicted octanol–water partition coefficient (Wildman–Crippen LogP) is 1.50. The molecule has 0 fully saturated rings. The Morgan fingerprint density at radius 2 is 2.17 bits per heavy atom. The van der Waals surface area contributed by atoms with E-state index in [9.17, 15) is 9.59 Å². The summed E-state index contributed by atoms with van der Waals surface area (Å²) < 4.78 is 0.